The van der Waals surface area contributed by atoms with Crippen LogP contribution in [0.1, 0.15) is 26.0 Å². The maximum absolute atomic E-state index is 11.8. The molecule has 0 aliphatic heterocycles. The second-order valence-electron chi connectivity index (χ2n) is 5.26. The molecule has 0 amide bonds. The van der Waals surface area contributed by atoms with Crippen molar-refractivity contribution < 1.29 is 4.42 Å². The molecule has 0 saturated heterocycles. The lowest BCUT2D eigenvalue weighted by Crippen LogP contribution is -2.15. The Morgan fingerprint density at radius 1 is 1.33 bits per heavy atom. The van der Waals surface area contributed by atoms with Gasteiger partial charge in [-0.05, 0) is 22.9 Å². The van der Waals surface area contributed by atoms with Gasteiger partial charge in [0, 0.05) is 12.8 Å². The first kappa shape index (κ1) is 12.4. The smallest absolute Gasteiger partial charge is 0.343 e. The first-order valence-corrected chi connectivity index (χ1v) is 5.90. The number of nitrogens with zero attached hydrogens (tertiary/aromatic N) is 1. The molecule has 1 aromatic heterocycles. The van der Waals surface area contributed by atoms with Crippen LogP contribution in [0.2, 0.25) is 0 Å². The summed E-state index contributed by atoms with van der Waals surface area (Å²) in [6, 6.07) is 11.4. The summed E-state index contributed by atoms with van der Waals surface area (Å²) in [5.41, 5.74) is -0.497. The number of hydrogen-bond donors (Lipinski definition) is 0. The van der Waals surface area contributed by atoms with Crippen LogP contribution in [0, 0.1) is 16.7 Å². The highest BCUT2D eigenvalue weighted by Gasteiger charge is 2.20. The molecule has 0 fully saturated rings. The SMILES string of the molecule is CC(C)(CC#N)Cc1cc2ccccc2c(=O)o1. The zero-order valence-corrected chi connectivity index (χ0v) is 10.6. The summed E-state index contributed by atoms with van der Waals surface area (Å²) in [5, 5.41) is 10.2. The minimum absolute atomic E-state index is 0.187. The fraction of sp³-hybridized carbons (Fsp3) is 0.333. The minimum atomic E-state index is -0.309. The molecular weight excluding hydrogens is 226 g/mol. The average molecular weight is 241 g/mol. The monoisotopic (exact) mass is 241 g/mol. The number of benzene rings is 1. The van der Waals surface area contributed by atoms with Crippen LogP contribution in [0.3, 0.4) is 0 Å². The normalized spacial score (nSPS) is 11.4. The van der Waals surface area contributed by atoms with Gasteiger partial charge in [0.2, 0.25) is 0 Å². The van der Waals surface area contributed by atoms with Gasteiger partial charge < -0.3 is 4.42 Å². The van der Waals surface area contributed by atoms with Crippen molar-refractivity contribution in [2.45, 2.75) is 26.7 Å². The van der Waals surface area contributed by atoms with Crippen molar-refractivity contribution in [3.8, 4) is 6.07 Å². The summed E-state index contributed by atoms with van der Waals surface area (Å²) in [5.74, 6) is 0.638. The third-order valence-corrected chi connectivity index (χ3v) is 2.93. The average Bonchev–Trinajstić information content (AvgIpc) is 2.28. The van der Waals surface area contributed by atoms with Gasteiger partial charge in [-0.1, -0.05) is 32.0 Å². The van der Waals surface area contributed by atoms with Crippen molar-refractivity contribution in [1.29, 1.82) is 5.26 Å². The van der Waals surface area contributed by atoms with Gasteiger partial charge in [-0.25, -0.2) is 4.79 Å². The second-order valence-corrected chi connectivity index (χ2v) is 5.26. The molecule has 2 rings (SSSR count). The first-order valence-electron chi connectivity index (χ1n) is 5.90. The first-order chi connectivity index (χ1) is 8.52. The van der Waals surface area contributed by atoms with E-state index in [-0.39, 0.29) is 11.0 Å². The van der Waals surface area contributed by atoms with E-state index in [0.717, 1.165) is 5.39 Å². The maximum Gasteiger partial charge on any atom is 0.343 e. The van der Waals surface area contributed by atoms with Gasteiger partial charge in [-0.2, -0.15) is 5.26 Å². The van der Waals surface area contributed by atoms with E-state index >= 15 is 0 Å². The second kappa shape index (κ2) is 4.66. The molecule has 0 saturated carbocycles. The largest absolute Gasteiger partial charge is 0.427 e. The third-order valence-electron chi connectivity index (χ3n) is 2.93. The van der Waals surface area contributed by atoms with Crippen molar-refractivity contribution in [2.75, 3.05) is 0 Å². The predicted molar refractivity (Wildman–Crippen MR) is 70.2 cm³/mol. The molecule has 3 nitrogen and oxygen atoms in total. The lowest BCUT2D eigenvalue weighted by molar-refractivity contribution is 0.326. The van der Waals surface area contributed by atoms with Gasteiger partial charge in [-0.3, -0.25) is 0 Å². The zero-order valence-electron chi connectivity index (χ0n) is 10.6. The van der Waals surface area contributed by atoms with Crippen molar-refractivity contribution >= 4 is 10.8 Å². The molecule has 3 heteroatoms. The molecule has 2 aromatic rings. The van der Waals surface area contributed by atoms with E-state index in [0.29, 0.717) is 24.0 Å². The highest BCUT2D eigenvalue weighted by molar-refractivity contribution is 5.81. The molecule has 18 heavy (non-hydrogen) atoms. The Kier molecular flexibility index (Phi) is 3.20. The summed E-state index contributed by atoms with van der Waals surface area (Å²) in [6.45, 7) is 3.98. The van der Waals surface area contributed by atoms with Crippen LogP contribution in [0.5, 0.6) is 0 Å². The lowest BCUT2D eigenvalue weighted by atomic mass is 9.85. The molecule has 0 radical (unpaired) electrons. The predicted octanol–water partition coefficient (Wildman–Crippen LogP) is 3.28. The van der Waals surface area contributed by atoms with Crippen LogP contribution in [0.25, 0.3) is 10.8 Å². The summed E-state index contributed by atoms with van der Waals surface area (Å²) in [7, 11) is 0. The Labute approximate surface area is 106 Å². The maximum atomic E-state index is 11.8. The van der Waals surface area contributed by atoms with Crippen LogP contribution in [0.4, 0.5) is 0 Å². The van der Waals surface area contributed by atoms with Gasteiger partial charge in [0.15, 0.2) is 0 Å². The summed E-state index contributed by atoms with van der Waals surface area (Å²) >= 11 is 0. The van der Waals surface area contributed by atoms with Gasteiger partial charge in [0.25, 0.3) is 0 Å². The number of fused-ring (bicyclic) bond motifs is 1. The Morgan fingerprint density at radius 2 is 2.06 bits per heavy atom. The van der Waals surface area contributed by atoms with E-state index < -0.39 is 0 Å². The Hall–Kier alpha value is -2.08. The van der Waals surface area contributed by atoms with Crippen molar-refractivity contribution in [3.63, 3.8) is 0 Å². The number of hydrogen-bond acceptors (Lipinski definition) is 3. The van der Waals surface area contributed by atoms with Crippen molar-refractivity contribution in [2.24, 2.45) is 5.41 Å². The van der Waals surface area contributed by atoms with Gasteiger partial charge >= 0.3 is 5.63 Å². The number of rotatable bonds is 3. The molecular formula is C15H15NO2. The van der Waals surface area contributed by atoms with Crippen LogP contribution in [0.15, 0.2) is 39.5 Å². The Morgan fingerprint density at radius 3 is 2.78 bits per heavy atom. The molecule has 0 spiro atoms. The zero-order chi connectivity index (χ0) is 13.2. The summed E-state index contributed by atoms with van der Waals surface area (Å²) in [6.07, 6.45) is 1.02. The van der Waals surface area contributed by atoms with E-state index in [9.17, 15) is 4.79 Å². The van der Waals surface area contributed by atoms with E-state index in [1.54, 1.807) is 6.07 Å². The van der Waals surface area contributed by atoms with Crippen LogP contribution in [-0.2, 0) is 6.42 Å². The molecule has 0 aliphatic rings. The Bertz CT molecular complexity index is 662. The van der Waals surface area contributed by atoms with Crippen LogP contribution < -0.4 is 5.63 Å². The van der Waals surface area contributed by atoms with Gasteiger partial charge in [0.05, 0.1) is 11.5 Å². The van der Waals surface area contributed by atoms with E-state index in [1.165, 1.54) is 0 Å². The topological polar surface area (TPSA) is 54.0 Å². The molecule has 1 aromatic carbocycles. The van der Waals surface area contributed by atoms with Crippen LogP contribution in [-0.4, -0.2) is 0 Å². The minimum Gasteiger partial charge on any atom is -0.427 e. The molecule has 0 bridgehead atoms. The number of nitriles is 1. The van der Waals surface area contributed by atoms with Gasteiger partial charge in [0.1, 0.15) is 5.76 Å². The fourth-order valence-corrected chi connectivity index (χ4v) is 2.02. The van der Waals surface area contributed by atoms with E-state index in [1.807, 2.05) is 38.1 Å². The molecule has 0 N–H and O–H groups in total. The summed E-state index contributed by atoms with van der Waals surface area (Å²) in [4.78, 5) is 11.8. The van der Waals surface area contributed by atoms with Crippen molar-refractivity contribution in [3.05, 3.63) is 46.5 Å². The fourth-order valence-electron chi connectivity index (χ4n) is 2.02. The van der Waals surface area contributed by atoms with E-state index in [4.69, 9.17) is 9.68 Å². The molecule has 0 unspecified atom stereocenters. The molecule has 92 valence electrons. The molecule has 1 heterocycles. The molecule has 0 atom stereocenters. The quantitative estimate of drug-likeness (QED) is 0.828. The van der Waals surface area contributed by atoms with Crippen LogP contribution >= 0.6 is 0 Å². The highest BCUT2D eigenvalue weighted by Crippen LogP contribution is 2.26. The Balaban J connectivity index is 2.42. The third kappa shape index (κ3) is 2.60. The standard InChI is InChI=1S/C15H15NO2/c1-15(2,7-8-16)10-12-9-11-5-3-4-6-13(11)14(17)18-12/h3-6,9H,7,10H2,1-2H3. The highest BCUT2D eigenvalue weighted by atomic mass is 16.4. The van der Waals surface area contributed by atoms with Crippen molar-refractivity contribution in [1.82, 2.24) is 0 Å². The van der Waals surface area contributed by atoms with Gasteiger partial charge in [-0.15, -0.1) is 0 Å². The van der Waals surface area contributed by atoms with E-state index in [2.05, 4.69) is 6.07 Å². The lowest BCUT2D eigenvalue weighted by Gasteiger charge is -2.19. The summed E-state index contributed by atoms with van der Waals surface area (Å²) < 4.78 is 5.31. The molecule has 0 aliphatic carbocycles.